The summed E-state index contributed by atoms with van der Waals surface area (Å²) in [5.41, 5.74) is 1.14. The zero-order valence-corrected chi connectivity index (χ0v) is 16.1. The van der Waals surface area contributed by atoms with Crippen LogP contribution in [0.15, 0.2) is 77.4 Å². The Morgan fingerprint density at radius 1 is 1.03 bits per heavy atom. The number of hydrogen-bond acceptors (Lipinski definition) is 5. The molecule has 1 saturated heterocycles. The summed E-state index contributed by atoms with van der Waals surface area (Å²) in [6, 6.07) is 19.0. The smallest absolute Gasteiger partial charge is 0.316 e. The third kappa shape index (κ3) is 4.57. The van der Waals surface area contributed by atoms with Gasteiger partial charge in [-0.2, -0.15) is 0 Å². The number of anilines is 1. The molecular formula is C23H20N2O5. The number of benzene rings is 2. The van der Waals surface area contributed by atoms with Crippen molar-refractivity contribution in [1.82, 2.24) is 4.90 Å². The van der Waals surface area contributed by atoms with Crippen molar-refractivity contribution in [2.24, 2.45) is 5.92 Å². The van der Waals surface area contributed by atoms with Gasteiger partial charge in [0.25, 0.3) is 5.91 Å². The molecule has 1 aromatic heterocycles. The van der Waals surface area contributed by atoms with Crippen LogP contribution in [0, 0.1) is 5.92 Å². The number of nitrogens with one attached hydrogen (secondary N) is 1. The Kier molecular flexibility index (Phi) is 5.61. The second kappa shape index (κ2) is 8.65. The summed E-state index contributed by atoms with van der Waals surface area (Å²) >= 11 is 0. The first-order chi connectivity index (χ1) is 14.6. The van der Waals surface area contributed by atoms with Gasteiger partial charge in [0.1, 0.15) is 11.5 Å². The molecule has 2 amide bonds. The van der Waals surface area contributed by atoms with Gasteiger partial charge in [0.2, 0.25) is 5.91 Å². The highest BCUT2D eigenvalue weighted by Gasteiger charge is 2.35. The van der Waals surface area contributed by atoms with Crippen molar-refractivity contribution in [2.75, 3.05) is 11.9 Å². The number of carbonyl (C=O) groups excluding carboxylic acids is 3. The van der Waals surface area contributed by atoms with Crippen molar-refractivity contribution >= 4 is 23.5 Å². The molecule has 0 aliphatic carbocycles. The van der Waals surface area contributed by atoms with E-state index < -0.39 is 11.9 Å². The number of likely N-dealkylation sites (tertiary alicyclic amines) is 1. The largest absolute Gasteiger partial charge is 0.467 e. The lowest BCUT2D eigenvalue weighted by molar-refractivity contribution is -0.139. The zero-order chi connectivity index (χ0) is 20.9. The van der Waals surface area contributed by atoms with Gasteiger partial charge in [0.15, 0.2) is 0 Å². The van der Waals surface area contributed by atoms with E-state index in [2.05, 4.69) is 5.32 Å². The van der Waals surface area contributed by atoms with E-state index in [1.54, 1.807) is 71.8 Å². The van der Waals surface area contributed by atoms with Gasteiger partial charge in [-0.1, -0.05) is 18.2 Å². The maximum Gasteiger partial charge on any atom is 0.316 e. The number of rotatable bonds is 6. The maximum absolute atomic E-state index is 12.5. The minimum absolute atomic E-state index is 0.104. The van der Waals surface area contributed by atoms with Crippen molar-refractivity contribution < 1.29 is 23.5 Å². The van der Waals surface area contributed by atoms with Crippen LogP contribution >= 0.6 is 0 Å². The third-order valence-electron chi connectivity index (χ3n) is 4.84. The average Bonchev–Trinajstić information content (AvgIpc) is 3.40. The Morgan fingerprint density at radius 2 is 1.80 bits per heavy atom. The number of hydrogen-bond donors (Lipinski definition) is 1. The van der Waals surface area contributed by atoms with E-state index in [4.69, 9.17) is 9.15 Å². The van der Waals surface area contributed by atoms with Crippen LogP contribution in [-0.2, 0) is 16.1 Å². The summed E-state index contributed by atoms with van der Waals surface area (Å²) in [5.74, 6) is -0.273. The molecule has 0 bridgehead atoms. The van der Waals surface area contributed by atoms with Crippen molar-refractivity contribution in [3.8, 4) is 5.75 Å². The summed E-state index contributed by atoms with van der Waals surface area (Å²) in [6.07, 6.45) is 1.67. The number of esters is 1. The quantitative estimate of drug-likeness (QED) is 0.502. The van der Waals surface area contributed by atoms with Gasteiger partial charge in [-0.05, 0) is 48.5 Å². The topological polar surface area (TPSA) is 88.8 Å². The summed E-state index contributed by atoms with van der Waals surface area (Å²) in [6.45, 7) is 0.634. The van der Waals surface area contributed by atoms with Crippen molar-refractivity contribution in [3.63, 3.8) is 0 Å². The van der Waals surface area contributed by atoms with Gasteiger partial charge in [0, 0.05) is 24.2 Å². The second-order valence-electron chi connectivity index (χ2n) is 7.02. The predicted octanol–water partition coefficient (Wildman–Crippen LogP) is 3.49. The molecule has 1 aliphatic rings. The number of nitrogens with zero attached hydrogens (tertiary/aromatic N) is 1. The molecule has 0 spiro atoms. The van der Waals surface area contributed by atoms with Crippen LogP contribution in [0.1, 0.15) is 22.5 Å². The van der Waals surface area contributed by atoms with E-state index >= 15 is 0 Å². The second-order valence-corrected chi connectivity index (χ2v) is 7.02. The molecule has 3 aromatic rings. The molecule has 1 atom stereocenters. The van der Waals surface area contributed by atoms with Gasteiger partial charge in [-0.15, -0.1) is 0 Å². The van der Waals surface area contributed by atoms with Crippen LogP contribution in [0.25, 0.3) is 0 Å². The lowest BCUT2D eigenvalue weighted by atomic mass is 10.1. The minimum Gasteiger partial charge on any atom is -0.467 e. The van der Waals surface area contributed by atoms with Gasteiger partial charge < -0.3 is 19.4 Å². The van der Waals surface area contributed by atoms with E-state index in [1.165, 1.54) is 0 Å². The van der Waals surface area contributed by atoms with Gasteiger partial charge in [0.05, 0.1) is 18.7 Å². The van der Waals surface area contributed by atoms with E-state index in [0.29, 0.717) is 35.9 Å². The van der Waals surface area contributed by atoms with Crippen LogP contribution in [0.4, 0.5) is 5.69 Å². The van der Waals surface area contributed by atoms with Crippen molar-refractivity contribution in [2.45, 2.75) is 13.0 Å². The molecule has 2 heterocycles. The first kappa shape index (κ1) is 19.4. The number of ether oxygens (including phenoxy) is 1. The van der Waals surface area contributed by atoms with Crippen LogP contribution in [0.3, 0.4) is 0 Å². The Hall–Kier alpha value is -3.87. The standard InChI is InChI=1S/C23H20N2O5/c26-21-13-17(14-25(21)15-20-7-4-12-29-20)23(28)30-19-10-8-18(9-11-19)24-22(27)16-5-2-1-3-6-16/h1-12,17H,13-15H2,(H,24,27). The third-order valence-corrected chi connectivity index (χ3v) is 4.84. The fraction of sp³-hybridized carbons (Fsp3) is 0.174. The molecule has 2 aromatic carbocycles. The molecule has 1 unspecified atom stereocenters. The highest BCUT2D eigenvalue weighted by atomic mass is 16.5. The monoisotopic (exact) mass is 404 g/mol. The summed E-state index contributed by atoms with van der Waals surface area (Å²) in [7, 11) is 0. The van der Waals surface area contributed by atoms with Crippen LogP contribution in [0.2, 0.25) is 0 Å². The lowest BCUT2D eigenvalue weighted by Gasteiger charge is -2.14. The average molecular weight is 404 g/mol. The number of carbonyl (C=O) groups is 3. The highest BCUT2D eigenvalue weighted by molar-refractivity contribution is 6.04. The molecule has 1 aliphatic heterocycles. The normalized spacial score (nSPS) is 15.8. The number of furan rings is 1. The summed E-state index contributed by atoms with van der Waals surface area (Å²) < 4.78 is 10.7. The first-order valence-electron chi connectivity index (χ1n) is 9.57. The maximum atomic E-state index is 12.5. The first-order valence-corrected chi connectivity index (χ1v) is 9.57. The molecule has 1 N–H and O–H groups in total. The molecule has 0 saturated carbocycles. The van der Waals surface area contributed by atoms with Crippen molar-refractivity contribution in [1.29, 1.82) is 0 Å². The number of amides is 2. The zero-order valence-electron chi connectivity index (χ0n) is 16.1. The predicted molar refractivity (Wildman–Crippen MR) is 109 cm³/mol. The van der Waals surface area contributed by atoms with Crippen LogP contribution in [0.5, 0.6) is 5.75 Å². The molecule has 1 fully saturated rings. The summed E-state index contributed by atoms with van der Waals surface area (Å²) in [4.78, 5) is 38.4. The van der Waals surface area contributed by atoms with Gasteiger partial charge in [-0.25, -0.2) is 0 Å². The van der Waals surface area contributed by atoms with Crippen LogP contribution < -0.4 is 10.1 Å². The molecule has 7 nitrogen and oxygen atoms in total. The molecule has 30 heavy (non-hydrogen) atoms. The fourth-order valence-electron chi connectivity index (χ4n) is 3.27. The molecule has 0 radical (unpaired) electrons. The van der Waals surface area contributed by atoms with E-state index in [9.17, 15) is 14.4 Å². The molecule has 4 rings (SSSR count). The summed E-state index contributed by atoms with van der Waals surface area (Å²) in [5, 5.41) is 2.79. The molecule has 7 heteroatoms. The molecular weight excluding hydrogens is 384 g/mol. The Labute approximate surface area is 173 Å². The Morgan fingerprint density at radius 3 is 2.50 bits per heavy atom. The highest BCUT2D eigenvalue weighted by Crippen LogP contribution is 2.24. The van der Waals surface area contributed by atoms with E-state index in [1.807, 2.05) is 6.07 Å². The van der Waals surface area contributed by atoms with Crippen LogP contribution in [-0.4, -0.2) is 29.2 Å². The van der Waals surface area contributed by atoms with E-state index in [0.717, 1.165) is 0 Å². The van der Waals surface area contributed by atoms with Gasteiger partial charge in [-0.3, -0.25) is 14.4 Å². The van der Waals surface area contributed by atoms with Crippen molar-refractivity contribution in [3.05, 3.63) is 84.3 Å². The SMILES string of the molecule is O=C(Nc1ccc(OC(=O)C2CC(=O)N(Cc3ccco3)C2)cc1)c1ccccc1. The van der Waals surface area contributed by atoms with Gasteiger partial charge >= 0.3 is 5.97 Å². The Balaban J connectivity index is 1.31. The van der Waals surface area contributed by atoms with E-state index in [-0.39, 0.29) is 18.2 Å². The molecule has 152 valence electrons. The minimum atomic E-state index is -0.523. The fourth-order valence-corrected chi connectivity index (χ4v) is 3.27. The lowest BCUT2D eigenvalue weighted by Crippen LogP contribution is -2.27. The Bertz CT molecular complexity index is 1030.